The summed E-state index contributed by atoms with van der Waals surface area (Å²) in [7, 11) is 1.60. The number of aromatic nitrogens is 3. The number of nitrogens with one attached hydrogen (secondary N) is 2. The van der Waals surface area contributed by atoms with Crippen molar-refractivity contribution in [2.75, 3.05) is 12.4 Å². The van der Waals surface area contributed by atoms with Gasteiger partial charge in [0.05, 0.1) is 25.0 Å². The highest BCUT2D eigenvalue weighted by atomic mass is 35.5. The van der Waals surface area contributed by atoms with Crippen molar-refractivity contribution in [1.82, 2.24) is 15.2 Å². The molecule has 0 saturated heterocycles. The van der Waals surface area contributed by atoms with Crippen molar-refractivity contribution in [3.8, 4) is 22.8 Å². The summed E-state index contributed by atoms with van der Waals surface area (Å²) in [6.45, 7) is 0.383. The Morgan fingerprint density at radius 2 is 1.97 bits per heavy atom. The highest BCUT2D eigenvalue weighted by Crippen LogP contribution is 2.34. The Morgan fingerprint density at radius 3 is 2.84 bits per heavy atom. The topological polar surface area (TPSA) is 85.2 Å². The average Bonchev–Trinajstić information content (AvgIpc) is 3.47. The zero-order valence-corrected chi connectivity index (χ0v) is 17.9. The van der Waals surface area contributed by atoms with Gasteiger partial charge in [0.15, 0.2) is 17.3 Å². The van der Waals surface area contributed by atoms with Crippen molar-refractivity contribution >= 4 is 34.2 Å². The predicted molar refractivity (Wildman–Crippen MR) is 124 cm³/mol. The Labute approximate surface area is 189 Å². The molecular weight excluding hydrogens is 428 g/mol. The van der Waals surface area contributed by atoms with Gasteiger partial charge in [0.1, 0.15) is 6.61 Å². The lowest BCUT2D eigenvalue weighted by atomic mass is 10.1. The molecule has 0 fully saturated rings. The molecule has 8 heteroatoms. The molecule has 160 valence electrons. The van der Waals surface area contributed by atoms with E-state index >= 15 is 0 Å². The van der Waals surface area contributed by atoms with Gasteiger partial charge in [-0.25, -0.2) is 4.98 Å². The molecule has 0 aliphatic heterocycles. The molecule has 3 aromatic carbocycles. The Hall–Kier alpha value is -3.97. The van der Waals surface area contributed by atoms with Crippen LogP contribution in [0.5, 0.6) is 11.5 Å². The molecule has 0 aliphatic carbocycles. The lowest BCUT2D eigenvalue weighted by Gasteiger charge is -2.12. The van der Waals surface area contributed by atoms with Gasteiger partial charge in [-0.1, -0.05) is 23.7 Å². The summed E-state index contributed by atoms with van der Waals surface area (Å²) < 4.78 is 17.3. The first-order chi connectivity index (χ1) is 15.7. The number of methoxy groups -OCH3 is 1. The number of aromatic amines is 1. The van der Waals surface area contributed by atoms with Crippen molar-refractivity contribution in [2.24, 2.45) is 0 Å². The monoisotopic (exact) mass is 446 g/mol. The summed E-state index contributed by atoms with van der Waals surface area (Å²) in [5.74, 6) is 1.83. The van der Waals surface area contributed by atoms with E-state index in [0.717, 1.165) is 27.7 Å². The van der Waals surface area contributed by atoms with E-state index in [0.29, 0.717) is 34.9 Å². The van der Waals surface area contributed by atoms with Crippen molar-refractivity contribution in [3.05, 3.63) is 83.6 Å². The third-order valence-corrected chi connectivity index (χ3v) is 5.16. The minimum absolute atomic E-state index is 0.383. The molecule has 5 rings (SSSR count). The van der Waals surface area contributed by atoms with Crippen LogP contribution in [0, 0.1) is 0 Å². The number of anilines is 2. The summed E-state index contributed by atoms with van der Waals surface area (Å²) in [6.07, 6.45) is 3.43. The highest BCUT2D eigenvalue weighted by molar-refractivity contribution is 6.30. The molecule has 2 aromatic heterocycles. The number of H-pyrrole nitrogens is 1. The molecule has 0 atom stereocenters. The Balaban J connectivity index is 1.31. The standard InChI is InChI=1S/C24H19ClN4O3/c1-30-22-11-16(5-8-21(22)31-14-15-3-2-4-18(25)9-15)23-13-26-24(32-23)28-19-6-7-20-17(10-19)12-27-29-20/h2-13H,14H2,1H3,(H,26,28)(H,27,29). The molecule has 0 radical (unpaired) electrons. The number of halogens is 1. The van der Waals surface area contributed by atoms with Crippen LogP contribution in [0.2, 0.25) is 5.02 Å². The maximum atomic E-state index is 6.04. The van der Waals surface area contributed by atoms with Crippen LogP contribution in [-0.4, -0.2) is 22.3 Å². The van der Waals surface area contributed by atoms with Crippen LogP contribution >= 0.6 is 11.6 Å². The predicted octanol–water partition coefficient (Wildman–Crippen LogP) is 6.20. The van der Waals surface area contributed by atoms with E-state index in [9.17, 15) is 0 Å². The summed E-state index contributed by atoms with van der Waals surface area (Å²) in [6, 6.07) is 19.4. The third kappa shape index (κ3) is 4.24. The van der Waals surface area contributed by atoms with Crippen LogP contribution in [-0.2, 0) is 6.61 Å². The van der Waals surface area contributed by atoms with E-state index in [4.69, 9.17) is 25.5 Å². The first kappa shape index (κ1) is 20.0. The molecular formula is C24H19ClN4O3. The largest absolute Gasteiger partial charge is 0.493 e. The van der Waals surface area contributed by atoms with Gasteiger partial charge in [0.25, 0.3) is 6.01 Å². The van der Waals surface area contributed by atoms with Crippen LogP contribution in [0.25, 0.3) is 22.2 Å². The summed E-state index contributed by atoms with van der Waals surface area (Å²) in [4.78, 5) is 4.33. The number of fused-ring (bicyclic) bond motifs is 1. The van der Waals surface area contributed by atoms with E-state index in [1.54, 1.807) is 19.5 Å². The molecule has 5 aromatic rings. The molecule has 0 unspecified atom stereocenters. The van der Waals surface area contributed by atoms with Gasteiger partial charge in [0.2, 0.25) is 0 Å². The Bertz CT molecular complexity index is 1380. The van der Waals surface area contributed by atoms with Gasteiger partial charge in [-0.15, -0.1) is 0 Å². The van der Waals surface area contributed by atoms with Crippen molar-refractivity contribution in [1.29, 1.82) is 0 Å². The zero-order valence-electron chi connectivity index (χ0n) is 17.1. The maximum Gasteiger partial charge on any atom is 0.299 e. The fourth-order valence-electron chi connectivity index (χ4n) is 3.34. The molecule has 0 aliphatic rings. The lowest BCUT2D eigenvalue weighted by Crippen LogP contribution is -1.97. The minimum Gasteiger partial charge on any atom is -0.493 e. The molecule has 0 bridgehead atoms. The summed E-state index contributed by atoms with van der Waals surface area (Å²) in [5.41, 5.74) is 3.62. The smallest absolute Gasteiger partial charge is 0.299 e. The Morgan fingerprint density at radius 1 is 1.03 bits per heavy atom. The van der Waals surface area contributed by atoms with E-state index < -0.39 is 0 Å². The molecule has 0 amide bonds. The van der Waals surface area contributed by atoms with Crippen LogP contribution in [0.15, 0.2) is 77.5 Å². The molecule has 7 nitrogen and oxygen atoms in total. The van der Waals surface area contributed by atoms with Gasteiger partial charge in [0, 0.05) is 21.7 Å². The maximum absolute atomic E-state index is 6.04. The second-order valence-electron chi connectivity index (χ2n) is 7.11. The number of ether oxygens (including phenoxy) is 2. The second kappa shape index (κ2) is 8.64. The van der Waals surface area contributed by atoms with E-state index in [1.807, 2.05) is 60.7 Å². The van der Waals surface area contributed by atoms with Gasteiger partial charge < -0.3 is 19.2 Å². The summed E-state index contributed by atoms with van der Waals surface area (Å²) in [5, 5.41) is 11.8. The highest BCUT2D eigenvalue weighted by Gasteiger charge is 2.12. The van der Waals surface area contributed by atoms with Crippen molar-refractivity contribution in [3.63, 3.8) is 0 Å². The van der Waals surface area contributed by atoms with Crippen LogP contribution in [0.4, 0.5) is 11.7 Å². The molecule has 2 N–H and O–H groups in total. The molecule has 0 saturated carbocycles. The second-order valence-corrected chi connectivity index (χ2v) is 7.55. The quantitative estimate of drug-likeness (QED) is 0.309. The number of nitrogens with zero attached hydrogens (tertiary/aromatic N) is 2. The normalized spacial score (nSPS) is 10.9. The van der Waals surface area contributed by atoms with Gasteiger partial charge in [-0.3, -0.25) is 5.10 Å². The van der Waals surface area contributed by atoms with Crippen molar-refractivity contribution < 1.29 is 13.9 Å². The Kier molecular flexibility index (Phi) is 5.39. The summed E-state index contributed by atoms with van der Waals surface area (Å²) >= 11 is 6.04. The van der Waals surface area contributed by atoms with E-state index in [2.05, 4.69) is 20.5 Å². The number of benzene rings is 3. The first-order valence-electron chi connectivity index (χ1n) is 9.89. The fourth-order valence-corrected chi connectivity index (χ4v) is 3.55. The number of hydrogen-bond acceptors (Lipinski definition) is 6. The van der Waals surface area contributed by atoms with Crippen LogP contribution in [0.3, 0.4) is 0 Å². The average molecular weight is 447 g/mol. The van der Waals surface area contributed by atoms with Gasteiger partial charge in [-0.2, -0.15) is 5.10 Å². The van der Waals surface area contributed by atoms with Crippen LogP contribution in [0.1, 0.15) is 5.56 Å². The fraction of sp³-hybridized carbons (Fsp3) is 0.0833. The van der Waals surface area contributed by atoms with Crippen LogP contribution < -0.4 is 14.8 Å². The molecule has 2 heterocycles. The molecule has 0 spiro atoms. The third-order valence-electron chi connectivity index (χ3n) is 4.93. The minimum atomic E-state index is 0.383. The lowest BCUT2D eigenvalue weighted by molar-refractivity contribution is 0.284. The van der Waals surface area contributed by atoms with E-state index in [-0.39, 0.29) is 0 Å². The SMILES string of the molecule is COc1cc(-c2cnc(Nc3ccc4[nH]ncc4c3)o2)ccc1OCc1cccc(Cl)c1. The van der Waals surface area contributed by atoms with Gasteiger partial charge >= 0.3 is 0 Å². The van der Waals surface area contributed by atoms with Gasteiger partial charge in [-0.05, 0) is 54.1 Å². The number of oxazole rings is 1. The first-order valence-corrected chi connectivity index (χ1v) is 10.3. The van der Waals surface area contributed by atoms with Crippen molar-refractivity contribution in [2.45, 2.75) is 6.61 Å². The number of rotatable bonds is 7. The van der Waals surface area contributed by atoms with E-state index in [1.165, 1.54) is 0 Å². The molecule has 32 heavy (non-hydrogen) atoms. The number of hydrogen-bond donors (Lipinski definition) is 2. The zero-order chi connectivity index (χ0) is 21.9.